The molecule has 4 nitrogen and oxygen atoms in total. The first-order valence-corrected chi connectivity index (χ1v) is 7.14. The number of nitrogens with zero attached hydrogens (tertiary/aromatic N) is 1. The molecule has 5 heteroatoms. The summed E-state index contributed by atoms with van der Waals surface area (Å²) in [7, 11) is -3.70. The van der Waals surface area contributed by atoms with Crippen LogP contribution < -0.4 is 0 Å². The van der Waals surface area contributed by atoms with E-state index in [1.807, 2.05) is 13.8 Å². The van der Waals surface area contributed by atoms with E-state index in [1.165, 1.54) is 0 Å². The summed E-state index contributed by atoms with van der Waals surface area (Å²) in [6.07, 6.45) is 1.04. The van der Waals surface area contributed by atoms with Gasteiger partial charge in [0, 0.05) is 6.04 Å². The number of sulfonamides is 1. The Morgan fingerprint density at radius 2 is 1.65 bits per heavy atom. The van der Waals surface area contributed by atoms with Crippen LogP contribution in [0.25, 0.3) is 0 Å². The fraction of sp³-hybridized carbons (Fsp3) is 0.750. The number of rotatable bonds is 5. The van der Waals surface area contributed by atoms with Gasteiger partial charge in [0.15, 0.2) is 0 Å². The zero-order valence-corrected chi connectivity index (χ0v) is 12.3. The van der Waals surface area contributed by atoms with Crippen molar-refractivity contribution in [2.75, 3.05) is 0 Å². The van der Waals surface area contributed by atoms with E-state index >= 15 is 0 Å². The van der Waals surface area contributed by atoms with Crippen LogP contribution in [0.5, 0.6) is 0 Å². The van der Waals surface area contributed by atoms with Crippen LogP contribution in [0.2, 0.25) is 0 Å². The maximum Gasteiger partial charge on any atom is 0.259 e. The molecule has 0 aliphatic heterocycles. The second-order valence-electron chi connectivity index (χ2n) is 5.20. The van der Waals surface area contributed by atoms with Gasteiger partial charge in [-0.15, -0.1) is 0 Å². The molecule has 0 aromatic heterocycles. The van der Waals surface area contributed by atoms with Gasteiger partial charge in [-0.1, -0.05) is 20.4 Å². The van der Waals surface area contributed by atoms with Gasteiger partial charge in [0.1, 0.15) is 0 Å². The molecular weight excluding hydrogens is 238 g/mol. The minimum absolute atomic E-state index is 0.0913. The van der Waals surface area contributed by atoms with Gasteiger partial charge < -0.3 is 0 Å². The lowest BCUT2D eigenvalue weighted by atomic mass is 10.00. The molecule has 100 valence electrons. The van der Waals surface area contributed by atoms with Crippen LogP contribution in [0.1, 0.15) is 41.5 Å². The lowest BCUT2D eigenvalue weighted by Crippen LogP contribution is -2.52. The largest absolute Gasteiger partial charge is 0.269 e. The van der Waals surface area contributed by atoms with Crippen LogP contribution in [0.3, 0.4) is 0 Å². The van der Waals surface area contributed by atoms with Gasteiger partial charge in [0.05, 0.1) is 4.75 Å². The third-order valence-corrected chi connectivity index (χ3v) is 6.10. The SMILES string of the molecule is C=CC(=O)N(C(C)C)S(=O)(=O)C(C)(C)C(C)C. The molecule has 0 fully saturated rings. The van der Waals surface area contributed by atoms with E-state index in [0.717, 1.165) is 10.4 Å². The Hall–Kier alpha value is -0.840. The predicted molar refractivity (Wildman–Crippen MR) is 70.0 cm³/mol. The molecule has 0 saturated carbocycles. The molecule has 0 aromatic rings. The Bertz CT molecular complexity index is 394. The zero-order valence-electron chi connectivity index (χ0n) is 11.5. The van der Waals surface area contributed by atoms with E-state index in [2.05, 4.69) is 6.58 Å². The number of carbonyl (C=O) groups excluding carboxylic acids is 1. The van der Waals surface area contributed by atoms with Gasteiger partial charge in [-0.25, -0.2) is 12.7 Å². The van der Waals surface area contributed by atoms with Crippen LogP contribution in [0.4, 0.5) is 0 Å². The number of hydrogen-bond acceptors (Lipinski definition) is 3. The second-order valence-corrected chi connectivity index (χ2v) is 7.59. The molecule has 0 radical (unpaired) electrons. The smallest absolute Gasteiger partial charge is 0.259 e. The Morgan fingerprint density at radius 1 is 1.24 bits per heavy atom. The van der Waals surface area contributed by atoms with Crippen LogP contribution in [-0.4, -0.2) is 29.4 Å². The Kier molecular flexibility index (Phi) is 4.95. The first kappa shape index (κ1) is 16.2. The zero-order chi connectivity index (χ0) is 14.0. The van der Waals surface area contributed by atoms with Gasteiger partial charge in [-0.3, -0.25) is 4.79 Å². The van der Waals surface area contributed by atoms with Gasteiger partial charge in [-0.2, -0.15) is 0 Å². The van der Waals surface area contributed by atoms with Crippen LogP contribution in [0.15, 0.2) is 12.7 Å². The lowest BCUT2D eigenvalue weighted by molar-refractivity contribution is -0.122. The standard InChI is InChI=1S/C12H23NO3S/c1-8-11(14)13(10(4)5)17(15,16)12(6,7)9(2)3/h8-10H,1H2,2-7H3. The predicted octanol–water partition coefficient (Wildman–Crippen LogP) is 2.17. The molecule has 0 rings (SSSR count). The summed E-state index contributed by atoms with van der Waals surface area (Å²) in [5.41, 5.74) is 0. The lowest BCUT2D eigenvalue weighted by Gasteiger charge is -2.36. The van der Waals surface area contributed by atoms with Crippen molar-refractivity contribution in [2.45, 2.75) is 52.3 Å². The molecule has 0 aromatic carbocycles. The van der Waals surface area contributed by atoms with Crippen molar-refractivity contribution in [3.63, 3.8) is 0 Å². The van der Waals surface area contributed by atoms with Gasteiger partial charge in [0.2, 0.25) is 10.0 Å². The highest BCUT2D eigenvalue weighted by Gasteiger charge is 2.44. The topological polar surface area (TPSA) is 54.5 Å². The Labute approximate surface area is 105 Å². The van der Waals surface area contributed by atoms with E-state index in [1.54, 1.807) is 27.7 Å². The minimum Gasteiger partial charge on any atom is -0.269 e. The molecule has 0 spiro atoms. The van der Waals surface area contributed by atoms with Crippen molar-refractivity contribution in [3.05, 3.63) is 12.7 Å². The Morgan fingerprint density at radius 3 is 1.88 bits per heavy atom. The van der Waals surface area contributed by atoms with Gasteiger partial charge in [-0.05, 0) is 39.7 Å². The molecule has 0 saturated heterocycles. The summed E-state index contributed by atoms with van der Waals surface area (Å²) in [5, 5.41) is 0. The van der Waals surface area contributed by atoms with Crippen molar-refractivity contribution in [3.8, 4) is 0 Å². The molecule has 0 unspecified atom stereocenters. The van der Waals surface area contributed by atoms with E-state index in [4.69, 9.17) is 0 Å². The molecule has 0 atom stereocenters. The normalized spacial score (nSPS) is 12.9. The maximum atomic E-state index is 12.5. The van der Waals surface area contributed by atoms with Crippen molar-refractivity contribution in [1.29, 1.82) is 0 Å². The fourth-order valence-electron chi connectivity index (χ4n) is 1.29. The number of carbonyl (C=O) groups is 1. The fourth-order valence-corrected chi connectivity index (χ4v) is 3.26. The summed E-state index contributed by atoms with van der Waals surface area (Å²) in [4.78, 5) is 11.7. The summed E-state index contributed by atoms with van der Waals surface area (Å²) in [6, 6.07) is -0.413. The highest BCUT2D eigenvalue weighted by Crippen LogP contribution is 2.30. The quantitative estimate of drug-likeness (QED) is 0.713. The molecule has 0 heterocycles. The molecule has 0 N–H and O–H groups in total. The minimum atomic E-state index is -3.70. The summed E-state index contributed by atoms with van der Waals surface area (Å²) in [5.74, 6) is -0.667. The van der Waals surface area contributed by atoms with Gasteiger partial charge >= 0.3 is 0 Å². The van der Waals surface area contributed by atoms with E-state index in [0.29, 0.717) is 0 Å². The molecule has 0 bridgehead atoms. The summed E-state index contributed by atoms with van der Waals surface area (Å²) >= 11 is 0. The molecule has 0 aliphatic carbocycles. The van der Waals surface area contributed by atoms with E-state index in [-0.39, 0.29) is 5.92 Å². The molecule has 0 aliphatic rings. The molecule has 1 amide bonds. The van der Waals surface area contributed by atoms with Crippen LogP contribution in [-0.2, 0) is 14.8 Å². The van der Waals surface area contributed by atoms with Gasteiger partial charge in [0.25, 0.3) is 5.91 Å². The highest BCUT2D eigenvalue weighted by atomic mass is 32.2. The van der Waals surface area contributed by atoms with Crippen molar-refractivity contribution >= 4 is 15.9 Å². The highest BCUT2D eigenvalue weighted by molar-refractivity contribution is 7.91. The monoisotopic (exact) mass is 261 g/mol. The molecule has 17 heavy (non-hydrogen) atoms. The van der Waals surface area contributed by atoms with Crippen LogP contribution >= 0.6 is 0 Å². The summed E-state index contributed by atoms with van der Waals surface area (Å²) < 4.78 is 24.9. The average molecular weight is 261 g/mol. The first-order chi connectivity index (χ1) is 7.50. The van der Waals surface area contributed by atoms with Crippen LogP contribution in [0, 0.1) is 5.92 Å². The summed E-state index contributed by atoms with van der Waals surface area (Å²) in [6.45, 7) is 13.6. The van der Waals surface area contributed by atoms with Crippen molar-refractivity contribution in [1.82, 2.24) is 4.31 Å². The second kappa shape index (κ2) is 5.21. The number of amides is 1. The molecular formula is C12H23NO3S. The maximum absolute atomic E-state index is 12.5. The Balaban J connectivity index is 5.71. The third-order valence-electron chi connectivity index (χ3n) is 3.18. The van der Waals surface area contributed by atoms with E-state index in [9.17, 15) is 13.2 Å². The average Bonchev–Trinajstić information content (AvgIpc) is 2.15. The van der Waals surface area contributed by atoms with Crippen molar-refractivity contribution in [2.24, 2.45) is 5.92 Å². The third kappa shape index (κ3) is 2.89. The first-order valence-electron chi connectivity index (χ1n) is 5.70. The van der Waals surface area contributed by atoms with E-state index < -0.39 is 26.7 Å². The van der Waals surface area contributed by atoms with Crippen molar-refractivity contribution < 1.29 is 13.2 Å². The number of hydrogen-bond donors (Lipinski definition) is 0.